The van der Waals surface area contributed by atoms with E-state index >= 15 is 0 Å². The second-order valence-corrected chi connectivity index (χ2v) is 8.15. The number of ether oxygens (including phenoxy) is 1. The van der Waals surface area contributed by atoms with Crippen molar-refractivity contribution in [2.75, 3.05) is 0 Å². The number of hydrogen-bond donors (Lipinski definition) is 1. The molecule has 0 fully saturated rings. The highest BCUT2D eigenvalue weighted by molar-refractivity contribution is 5.95. The Morgan fingerprint density at radius 1 is 1.21 bits per heavy atom. The van der Waals surface area contributed by atoms with Crippen molar-refractivity contribution >= 4 is 23.0 Å². The Morgan fingerprint density at radius 3 is 2.39 bits per heavy atom. The number of nitrogens with two attached hydrogens (primary N) is 1. The van der Waals surface area contributed by atoms with Crippen LogP contribution >= 0.6 is 0 Å². The Balaban J connectivity index is 2.45. The van der Waals surface area contributed by atoms with Crippen LogP contribution in [0.1, 0.15) is 58.9 Å². The molecule has 2 aromatic rings. The van der Waals surface area contributed by atoms with Crippen molar-refractivity contribution in [2.24, 2.45) is 11.7 Å². The Morgan fingerprint density at radius 2 is 1.86 bits per heavy atom. The zero-order valence-corrected chi connectivity index (χ0v) is 17.1. The summed E-state index contributed by atoms with van der Waals surface area (Å²) >= 11 is 0. The Hall–Kier alpha value is -2.85. The quantitative estimate of drug-likeness (QED) is 0.848. The highest BCUT2D eigenvalue weighted by Crippen LogP contribution is 2.30. The molecular weight excluding hydrogens is 358 g/mol. The van der Waals surface area contributed by atoms with Gasteiger partial charge in [-0.3, -0.25) is 4.79 Å². The van der Waals surface area contributed by atoms with E-state index in [9.17, 15) is 9.59 Å². The van der Waals surface area contributed by atoms with Crippen LogP contribution in [0.5, 0.6) is 0 Å². The van der Waals surface area contributed by atoms with Crippen molar-refractivity contribution in [3.05, 3.63) is 35.6 Å². The SMILES string of the molecule is CC(C)[C@H](N)C(=O)N(C(=O)OC(C)(C)C)C(C)c1cc2cc(C#N)ccc2o1. The van der Waals surface area contributed by atoms with Gasteiger partial charge in [0, 0.05) is 5.39 Å². The fourth-order valence-electron chi connectivity index (χ4n) is 2.66. The van der Waals surface area contributed by atoms with E-state index in [1.165, 1.54) is 0 Å². The number of fused-ring (bicyclic) bond motifs is 1. The molecule has 0 bridgehead atoms. The Labute approximate surface area is 165 Å². The van der Waals surface area contributed by atoms with Gasteiger partial charge in [0.15, 0.2) is 0 Å². The molecule has 0 aliphatic carbocycles. The highest BCUT2D eigenvalue weighted by atomic mass is 16.6. The van der Waals surface area contributed by atoms with E-state index in [0.29, 0.717) is 22.3 Å². The third kappa shape index (κ3) is 4.70. The molecule has 0 saturated heterocycles. The molecule has 0 aliphatic heterocycles. The van der Waals surface area contributed by atoms with E-state index < -0.39 is 29.7 Å². The van der Waals surface area contributed by atoms with Crippen LogP contribution in [0.4, 0.5) is 4.79 Å². The molecule has 2 N–H and O–H groups in total. The topological polar surface area (TPSA) is 110 Å². The molecule has 2 atom stereocenters. The van der Waals surface area contributed by atoms with Gasteiger partial charge in [0.05, 0.1) is 23.7 Å². The average Bonchev–Trinajstić information content (AvgIpc) is 3.02. The average molecular weight is 385 g/mol. The zero-order chi connectivity index (χ0) is 21.2. The second kappa shape index (κ2) is 8.03. The maximum atomic E-state index is 13.0. The van der Waals surface area contributed by atoms with Gasteiger partial charge in [-0.15, -0.1) is 0 Å². The molecule has 1 aromatic heterocycles. The monoisotopic (exact) mass is 385 g/mol. The molecule has 150 valence electrons. The smallest absolute Gasteiger partial charge is 0.417 e. The first-order valence-corrected chi connectivity index (χ1v) is 9.20. The number of imide groups is 1. The minimum atomic E-state index is -0.857. The standard InChI is InChI=1S/C21H27N3O4/c1-12(2)18(23)19(25)24(20(26)28-21(4,5)6)13(3)17-10-15-9-14(11-22)7-8-16(15)27-17/h7-10,12-13,18H,23H2,1-6H3/t13?,18-/m0/s1. The highest BCUT2D eigenvalue weighted by Gasteiger charge is 2.37. The molecule has 7 heteroatoms. The largest absolute Gasteiger partial charge is 0.459 e. The number of carbonyl (C=O) groups excluding carboxylic acids is 2. The maximum absolute atomic E-state index is 13.0. The van der Waals surface area contributed by atoms with Crippen molar-refractivity contribution in [3.63, 3.8) is 0 Å². The summed E-state index contributed by atoms with van der Waals surface area (Å²) in [5.41, 5.74) is 6.31. The molecule has 0 aliphatic rings. The summed E-state index contributed by atoms with van der Waals surface area (Å²) in [6.07, 6.45) is -0.778. The number of furan rings is 1. The molecule has 1 aromatic carbocycles. The molecule has 7 nitrogen and oxygen atoms in total. The molecule has 2 rings (SSSR count). The van der Waals surface area contributed by atoms with Gasteiger partial charge in [0.1, 0.15) is 16.9 Å². The minimum absolute atomic E-state index is 0.154. The molecule has 28 heavy (non-hydrogen) atoms. The fraction of sp³-hybridized carbons (Fsp3) is 0.476. The maximum Gasteiger partial charge on any atom is 0.417 e. The lowest BCUT2D eigenvalue weighted by atomic mass is 10.0. The summed E-state index contributed by atoms with van der Waals surface area (Å²) in [6, 6.07) is 7.22. The van der Waals surface area contributed by atoms with E-state index in [2.05, 4.69) is 6.07 Å². The number of hydrogen-bond acceptors (Lipinski definition) is 6. The van der Waals surface area contributed by atoms with Gasteiger partial charge in [0.2, 0.25) is 5.91 Å². The van der Waals surface area contributed by atoms with Crippen LogP contribution in [0.25, 0.3) is 11.0 Å². The third-order valence-corrected chi connectivity index (χ3v) is 4.29. The van der Waals surface area contributed by atoms with Crippen molar-refractivity contribution in [1.82, 2.24) is 4.90 Å². The summed E-state index contributed by atoms with van der Waals surface area (Å²) in [6.45, 7) is 10.5. The first kappa shape index (κ1) is 21.5. The summed E-state index contributed by atoms with van der Waals surface area (Å²) in [5.74, 6) is -0.284. The number of benzene rings is 1. The normalized spacial score (nSPS) is 13.8. The van der Waals surface area contributed by atoms with E-state index in [1.807, 2.05) is 13.8 Å². The molecule has 0 spiro atoms. The molecule has 0 radical (unpaired) electrons. The van der Waals surface area contributed by atoms with Crippen molar-refractivity contribution in [1.29, 1.82) is 5.26 Å². The van der Waals surface area contributed by atoms with Gasteiger partial charge in [-0.2, -0.15) is 5.26 Å². The summed E-state index contributed by atoms with van der Waals surface area (Å²) in [5, 5.41) is 9.77. The molecule has 1 heterocycles. The lowest BCUT2D eigenvalue weighted by molar-refractivity contribution is -0.135. The van der Waals surface area contributed by atoms with Crippen molar-refractivity contribution < 1.29 is 18.7 Å². The number of rotatable bonds is 4. The number of nitrogens with zero attached hydrogens (tertiary/aromatic N) is 2. The lowest BCUT2D eigenvalue weighted by Crippen LogP contribution is -2.51. The van der Waals surface area contributed by atoms with Crippen LogP contribution in [0.2, 0.25) is 0 Å². The molecule has 1 unspecified atom stereocenters. The van der Waals surface area contributed by atoms with E-state index in [-0.39, 0.29) is 5.92 Å². The number of nitriles is 1. The van der Waals surface area contributed by atoms with E-state index in [0.717, 1.165) is 4.90 Å². The van der Waals surface area contributed by atoms with Crippen LogP contribution < -0.4 is 5.73 Å². The van der Waals surface area contributed by atoms with Crippen LogP contribution in [0, 0.1) is 17.2 Å². The lowest BCUT2D eigenvalue weighted by Gasteiger charge is -2.31. The van der Waals surface area contributed by atoms with Crippen molar-refractivity contribution in [3.8, 4) is 6.07 Å². The van der Waals surface area contributed by atoms with Gasteiger partial charge in [-0.25, -0.2) is 9.69 Å². The summed E-state index contributed by atoms with van der Waals surface area (Å²) in [7, 11) is 0. The first-order chi connectivity index (χ1) is 12.9. The Kier molecular flexibility index (Phi) is 6.15. The molecular formula is C21H27N3O4. The first-order valence-electron chi connectivity index (χ1n) is 9.20. The third-order valence-electron chi connectivity index (χ3n) is 4.29. The molecule has 0 saturated carbocycles. The van der Waals surface area contributed by atoms with Crippen LogP contribution in [0.3, 0.4) is 0 Å². The fourth-order valence-corrected chi connectivity index (χ4v) is 2.66. The second-order valence-electron chi connectivity index (χ2n) is 8.15. The minimum Gasteiger partial charge on any atom is -0.459 e. The summed E-state index contributed by atoms with van der Waals surface area (Å²) < 4.78 is 11.3. The molecule has 2 amide bonds. The van der Waals surface area contributed by atoms with Crippen LogP contribution in [-0.4, -0.2) is 28.5 Å². The number of carbonyl (C=O) groups is 2. The van der Waals surface area contributed by atoms with Crippen LogP contribution in [0.15, 0.2) is 28.7 Å². The van der Waals surface area contributed by atoms with E-state index in [4.69, 9.17) is 20.1 Å². The van der Waals surface area contributed by atoms with Crippen molar-refractivity contribution in [2.45, 2.75) is 59.2 Å². The van der Waals surface area contributed by atoms with Gasteiger partial charge >= 0.3 is 6.09 Å². The van der Waals surface area contributed by atoms with Crippen LogP contribution in [-0.2, 0) is 9.53 Å². The zero-order valence-electron chi connectivity index (χ0n) is 17.1. The van der Waals surface area contributed by atoms with E-state index in [1.54, 1.807) is 52.0 Å². The Bertz CT molecular complexity index is 918. The predicted molar refractivity (Wildman–Crippen MR) is 105 cm³/mol. The van der Waals surface area contributed by atoms with Gasteiger partial charge in [0.25, 0.3) is 0 Å². The van der Waals surface area contributed by atoms with Gasteiger partial charge in [-0.05, 0) is 57.9 Å². The number of amides is 2. The summed E-state index contributed by atoms with van der Waals surface area (Å²) in [4.78, 5) is 26.8. The van der Waals surface area contributed by atoms with Gasteiger partial charge < -0.3 is 14.9 Å². The van der Waals surface area contributed by atoms with Gasteiger partial charge in [-0.1, -0.05) is 13.8 Å². The predicted octanol–water partition coefficient (Wildman–Crippen LogP) is 4.11.